The SMILES string of the molecule is CCN(C(=O)CCN(C(C)=O)c1ccc(N(C)C)cc1)C1CCS(=O)(=O)C1. The summed E-state index contributed by atoms with van der Waals surface area (Å²) in [5.41, 5.74) is 1.77. The average molecular weight is 396 g/mol. The summed E-state index contributed by atoms with van der Waals surface area (Å²) >= 11 is 0. The van der Waals surface area contributed by atoms with Crippen LogP contribution in [0.4, 0.5) is 11.4 Å². The summed E-state index contributed by atoms with van der Waals surface area (Å²) in [6.07, 6.45) is 0.656. The highest BCUT2D eigenvalue weighted by molar-refractivity contribution is 7.91. The van der Waals surface area contributed by atoms with Crippen molar-refractivity contribution in [1.82, 2.24) is 4.90 Å². The van der Waals surface area contributed by atoms with E-state index in [0.29, 0.717) is 13.0 Å². The second kappa shape index (κ2) is 8.73. The number of amides is 2. The molecule has 1 aromatic rings. The van der Waals surface area contributed by atoms with Crippen molar-refractivity contribution in [2.24, 2.45) is 0 Å². The van der Waals surface area contributed by atoms with Gasteiger partial charge in [0.05, 0.1) is 11.5 Å². The van der Waals surface area contributed by atoms with Crippen LogP contribution in [0.1, 0.15) is 26.7 Å². The lowest BCUT2D eigenvalue weighted by molar-refractivity contribution is -0.132. The molecular weight excluding hydrogens is 366 g/mol. The summed E-state index contributed by atoms with van der Waals surface area (Å²) in [6.45, 7) is 4.07. The molecular formula is C19H29N3O4S. The van der Waals surface area contributed by atoms with E-state index >= 15 is 0 Å². The van der Waals surface area contributed by atoms with Crippen LogP contribution < -0.4 is 9.80 Å². The Morgan fingerprint density at radius 3 is 2.15 bits per heavy atom. The predicted octanol–water partition coefficient (Wildman–Crippen LogP) is 1.53. The van der Waals surface area contributed by atoms with Crippen LogP contribution in [0.3, 0.4) is 0 Å². The number of benzene rings is 1. The molecule has 0 bridgehead atoms. The number of sulfone groups is 1. The van der Waals surface area contributed by atoms with Crippen molar-refractivity contribution in [1.29, 1.82) is 0 Å². The maximum Gasteiger partial charge on any atom is 0.224 e. The highest BCUT2D eigenvalue weighted by atomic mass is 32.2. The highest BCUT2D eigenvalue weighted by Gasteiger charge is 2.33. The average Bonchev–Trinajstić information content (AvgIpc) is 2.95. The normalized spacial score (nSPS) is 18.1. The van der Waals surface area contributed by atoms with Crippen molar-refractivity contribution in [2.75, 3.05) is 48.5 Å². The largest absolute Gasteiger partial charge is 0.378 e. The molecule has 0 saturated carbocycles. The molecule has 0 spiro atoms. The molecule has 1 heterocycles. The third kappa shape index (κ3) is 5.45. The number of carbonyl (C=O) groups excluding carboxylic acids is 2. The van der Waals surface area contributed by atoms with Gasteiger partial charge >= 0.3 is 0 Å². The lowest BCUT2D eigenvalue weighted by Gasteiger charge is -2.28. The van der Waals surface area contributed by atoms with Gasteiger partial charge in [0.15, 0.2) is 9.84 Å². The smallest absolute Gasteiger partial charge is 0.224 e. The predicted molar refractivity (Wildman–Crippen MR) is 108 cm³/mol. The fourth-order valence-corrected chi connectivity index (χ4v) is 5.14. The summed E-state index contributed by atoms with van der Waals surface area (Å²) in [4.78, 5) is 29.9. The van der Waals surface area contributed by atoms with Crippen LogP contribution in [0, 0.1) is 0 Å². The van der Waals surface area contributed by atoms with Crippen molar-refractivity contribution in [3.05, 3.63) is 24.3 Å². The van der Waals surface area contributed by atoms with Crippen LogP contribution in [0.5, 0.6) is 0 Å². The summed E-state index contributed by atoms with van der Waals surface area (Å²) in [7, 11) is 0.841. The molecule has 150 valence electrons. The molecule has 7 nitrogen and oxygen atoms in total. The van der Waals surface area contributed by atoms with Gasteiger partial charge < -0.3 is 14.7 Å². The van der Waals surface area contributed by atoms with Crippen LogP contribution in [-0.4, -0.2) is 69.9 Å². The van der Waals surface area contributed by atoms with Crippen LogP contribution in [0.15, 0.2) is 24.3 Å². The summed E-state index contributed by atoms with van der Waals surface area (Å²) < 4.78 is 23.4. The molecule has 0 N–H and O–H groups in total. The lowest BCUT2D eigenvalue weighted by atomic mass is 10.2. The molecule has 27 heavy (non-hydrogen) atoms. The second-order valence-corrected chi connectivity index (χ2v) is 9.30. The van der Waals surface area contributed by atoms with E-state index < -0.39 is 9.84 Å². The molecule has 1 unspecified atom stereocenters. The molecule has 1 fully saturated rings. The quantitative estimate of drug-likeness (QED) is 0.700. The number of nitrogens with zero attached hydrogens (tertiary/aromatic N) is 3. The van der Waals surface area contributed by atoms with Crippen molar-refractivity contribution in [2.45, 2.75) is 32.7 Å². The van der Waals surface area contributed by atoms with Crippen LogP contribution in [-0.2, 0) is 19.4 Å². The topological polar surface area (TPSA) is 78.0 Å². The first-order chi connectivity index (χ1) is 12.6. The zero-order valence-electron chi connectivity index (χ0n) is 16.5. The third-order valence-electron chi connectivity index (χ3n) is 4.92. The van der Waals surface area contributed by atoms with E-state index in [2.05, 4.69) is 0 Å². The molecule has 0 aromatic heterocycles. The summed E-state index contributed by atoms with van der Waals surface area (Å²) in [5, 5.41) is 0. The van der Waals surface area contributed by atoms with E-state index in [4.69, 9.17) is 0 Å². The molecule has 2 amide bonds. The number of anilines is 2. The van der Waals surface area contributed by atoms with E-state index in [0.717, 1.165) is 11.4 Å². The molecule has 0 radical (unpaired) electrons. The van der Waals surface area contributed by atoms with E-state index in [9.17, 15) is 18.0 Å². The van der Waals surface area contributed by atoms with E-state index in [1.165, 1.54) is 6.92 Å². The lowest BCUT2D eigenvalue weighted by Crippen LogP contribution is -2.42. The molecule has 1 aliphatic rings. The van der Waals surface area contributed by atoms with Gasteiger partial charge in [-0.25, -0.2) is 8.42 Å². The van der Waals surface area contributed by atoms with Crippen molar-refractivity contribution < 1.29 is 18.0 Å². The molecule has 1 aromatic carbocycles. The Balaban J connectivity index is 2.04. The van der Waals surface area contributed by atoms with Gasteiger partial charge in [-0.15, -0.1) is 0 Å². The first kappa shape index (κ1) is 21.2. The van der Waals surface area contributed by atoms with Gasteiger partial charge in [-0.3, -0.25) is 9.59 Å². The van der Waals surface area contributed by atoms with Gasteiger partial charge in [-0.1, -0.05) is 0 Å². The standard InChI is InChI=1S/C19H29N3O4S/c1-5-21(18-11-13-27(25,26)14-18)19(24)10-12-22(15(2)23)17-8-6-16(7-9-17)20(3)4/h6-9,18H,5,10-14H2,1-4H3. The molecule has 2 rings (SSSR count). The van der Waals surface area contributed by atoms with Gasteiger partial charge in [0.2, 0.25) is 11.8 Å². The Morgan fingerprint density at radius 2 is 1.70 bits per heavy atom. The fourth-order valence-electron chi connectivity index (χ4n) is 3.41. The fraction of sp³-hybridized carbons (Fsp3) is 0.579. The van der Waals surface area contributed by atoms with Gasteiger partial charge in [0.25, 0.3) is 0 Å². The minimum Gasteiger partial charge on any atom is -0.378 e. The van der Waals surface area contributed by atoms with Crippen LogP contribution in [0.2, 0.25) is 0 Å². The minimum absolute atomic E-state index is 0.0367. The first-order valence-corrected chi connectivity index (χ1v) is 11.0. The number of hydrogen-bond acceptors (Lipinski definition) is 5. The molecule has 1 aliphatic heterocycles. The Bertz CT molecular complexity index is 775. The maximum atomic E-state index is 12.7. The maximum absolute atomic E-state index is 12.7. The molecule has 1 atom stereocenters. The van der Waals surface area contributed by atoms with E-state index in [-0.39, 0.29) is 42.3 Å². The number of carbonyl (C=O) groups is 2. The second-order valence-electron chi connectivity index (χ2n) is 7.07. The zero-order valence-corrected chi connectivity index (χ0v) is 17.3. The van der Waals surface area contributed by atoms with Crippen molar-refractivity contribution in [3.63, 3.8) is 0 Å². The molecule has 8 heteroatoms. The van der Waals surface area contributed by atoms with Gasteiger partial charge in [0, 0.05) is 57.9 Å². The Hall–Kier alpha value is -2.09. The van der Waals surface area contributed by atoms with Gasteiger partial charge in [-0.05, 0) is 37.6 Å². The molecule has 0 aliphatic carbocycles. The number of rotatable bonds is 7. The van der Waals surface area contributed by atoms with Gasteiger partial charge in [-0.2, -0.15) is 0 Å². The summed E-state index contributed by atoms with van der Waals surface area (Å²) in [5.74, 6) is -0.0727. The van der Waals surface area contributed by atoms with E-state index in [1.807, 2.05) is 50.2 Å². The number of hydrogen-bond donors (Lipinski definition) is 0. The minimum atomic E-state index is -3.05. The van der Waals surface area contributed by atoms with Gasteiger partial charge in [0.1, 0.15) is 0 Å². The first-order valence-electron chi connectivity index (χ1n) is 9.20. The third-order valence-corrected chi connectivity index (χ3v) is 6.67. The van der Waals surface area contributed by atoms with Crippen LogP contribution >= 0.6 is 0 Å². The highest BCUT2D eigenvalue weighted by Crippen LogP contribution is 2.21. The van der Waals surface area contributed by atoms with Crippen molar-refractivity contribution >= 4 is 33.0 Å². The van der Waals surface area contributed by atoms with Crippen LogP contribution in [0.25, 0.3) is 0 Å². The zero-order chi connectivity index (χ0) is 20.2. The Kier molecular flexibility index (Phi) is 6.86. The Labute approximate surface area is 161 Å². The summed E-state index contributed by atoms with van der Waals surface area (Å²) in [6, 6.07) is 7.33. The monoisotopic (exact) mass is 395 g/mol. The molecule has 1 saturated heterocycles. The Morgan fingerprint density at radius 1 is 1.11 bits per heavy atom. The van der Waals surface area contributed by atoms with E-state index in [1.54, 1.807) is 9.80 Å². The van der Waals surface area contributed by atoms with Crippen molar-refractivity contribution in [3.8, 4) is 0 Å².